The van der Waals surface area contributed by atoms with Crippen LogP contribution >= 0.6 is 23.2 Å². The van der Waals surface area contributed by atoms with E-state index in [0.717, 1.165) is 0 Å². The van der Waals surface area contributed by atoms with Crippen molar-refractivity contribution < 1.29 is 24.2 Å². The van der Waals surface area contributed by atoms with Crippen LogP contribution in [0.4, 0.5) is 5.69 Å². The van der Waals surface area contributed by atoms with Gasteiger partial charge in [0.1, 0.15) is 18.4 Å². The topological polar surface area (TPSA) is 131 Å². The number of carbonyl (C=O) groups excluding carboxylic acids is 2. The number of benzene rings is 2. The number of fused-ring (bicyclic) bond motifs is 1. The van der Waals surface area contributed by atoms with Crippen LogP contribution in [0.25, 0.3) is 11.1 Å². The van der Waals surface area contributed by atoms with Gasteiger partial charge in [-0.1, -0.05) is 49.2 Å². The lowest BCUT2D eigenvalue weighted by atomic mass is 9.86. The Hall–Kier alpha value is -3.23. The molecule has 1 atom stereocenters. The highest BCUT2D eigenvalue weighted by atomic mass is 35.5. The van der Waals surface area contributed by atoms with Crippen LogP contribution < -0.4 is 21.1 Å². The van der Waals surface area contributed by atoms with E-state index >= 15 is 0 Å². The number of carboxylic acids is 1. The third-order valence-corrected chi connectivity index (χ3v) is 5.79. The maximum Gasteiger partial charge on any atom is 0.326 e. The average molecular weight is 506 g/mol. The molecule has 8 nitrogen and oxygen atoms in total. The van der Waals surface area contributed by atoms with E-state index in [1.54, 1.807) is 44.2 Å². The Morgan fingerprint density at radius 3 is 2.47 bits per heavy atom. The van der Waals surface area contributed by atoms with Gasteiger partial charge in [0.2, 0.25) is 11.8 Å². The van der Waals surface area contributed by atoms with Gasteiger partial charge in [-0.25, -0.2) is 4.79 Å². The fourth-order valence-corrected chi connectivity index (χ4v) is 4.25. The SMILES string of the molecule is CC(C)C(=O)NCCOc1ccc(/C(C(N)=O)=C2\CC(C(=O)O)Nc3cc(Cl)cc(Cl)c32)cc1. The van der Waals surface area contributed by atoms with E-state index in [1.165, 1.54) is 6.07 Å². The first-order valence-electron chi connectivity index (χ1n) is 10.6. The van der Waals surface area contributed by atoms with Crippen LogP contribution in [0.2, 0.25) is 10.0 Å². The van der Waals surface area contributed by atoms with Gasteiger partial charge >= 0.3 is 5.97 Å². The summed E-state index contributed by atoms with van der Waals surface area (Å²) in [7, 11) is 0. The molecular weight excluding hydrogens is 481 g/mol. The number of aliphatic carboxylic acids is 1. The standard InChI is InChI=1S/C24H25Cl2N3O5/c1-12(2)23(31)28-7-8-34-15-5-3-13(4-6-15)20(22(27)30)16-11-19(24(32)33)29-18-10-14(25)9-17(26)21(16)18/h3-6,9-10,12,19,29H,7-8,11H2,1-2H3,(H2,27,30)(H,28,31)(H,32,33)/b20-16-. The molecule has 0 spiro atoms. The minimum Gasteiger partial charge on any atom is -0.492 e. The molecular formula is C24H25Cl2N3O5. The molecule has 2 aromatic rings. The fraction of sp³-hybridized carbons (Fsp3) is 0.292. The summed E-state index contributed by atoms with van der Waals surface area (Å²) in [6.45, 7) is 4.25. The molecule has 0 aromatic heterocycles. The molecule has 0 radical (unpaired) electrons. The van der Waals surface area contributed by atoms with Crippen molar-refractivity contribution in [2.45, 2.75) is 26.3 Å². The van der Waals surface area contributed by atoms with E-state index < -0.39 is 17.9 Å². The molecule has 1 heterocycles. The molecule has 34 heavy (non-hydrogen) atoms. The van der Waals surface area contributed by atoms with Crippen molar-refractivity contribution in [2.75, 3.05) is 18.5 Å². The number of ether oxygens (including phenoxy) is 1. The van der Waals surface area contributed by atoms with E-state index in [2.05, 4.69) is 10.6 Å². The fourth-order valence-electron chi connectivity index (χ4n) is 3.65. The van der Waals surface area contributed by atoms with Crippen LogP contribution in [0.1, 0.15) is 31.4 Å². The number of nitrogens with two attached hydrogens (primary N) is 1. The van der Waals surface area contributed by atoms with E-state index in [4.69, 9.17) is 33.7 Å². The Balaban J connectivity index is 1.92. The maximum absolute atomic E-state index is 12.5. The molecule has 180 valence electrons. The molecule has 10 heteroatoms. The Labute approximate surface area is 207 Å². The molecule has 0 saturated carbocycles. The summed E-state index contributed by atoms with van der Waals surface area (Å²) in [4.78, 5) is 35.9. The van der Waals surface area contributed by atoms with Gasteiger partial charge in [0, 0.05) is 28.6 Å². The second kappa shape index (κ2) is 10.8. The lowest BCUT2D eigenvalue weighted by Gasteiger charge is -2.29. The summed E-state index contributed by atoms with van der Waals surface area (Å²) in [5.74, 6) is -1.43. The van der Waals surface area contributed by atoms with E-state index in [9.17, 15) is 19.5 Å². The second-order valence-corrected chi connectivity index (χ2v) is 8.93. The predicted octanol–water partition coefficient (Wildman–Crippen LogP) is 3.81. The van der Waals surface area contributed by atoms with Gasteiger partial charge < -0.3 is 26.2 Å². The van der Waals surface area contributed by atoms with Gasteiger partial charge in [0.25, 0.3) is 0 Å². The van der Waals surface area contributed by atoms with Crippen molar-refractivity contribution >= 4 is 57.8 Å². The third-order valence-electron chi connectivity index (χ3n) is 5.28. The molecule has 1 aliphatic heterocycles. The van der Waals surface area contributed by atoms with Gasteiger partial charge in [0.15, 0.2) is 0 Å². The number of rotatable bonds is 8. The number of carbonyl (C=O) groups is 3. The molecule has 1 aliphatic rings. The lowest BCUT2D eigenvalue weighted by molar-refractivity contribution is -0.137. The summed E-state index contributed by atoms with van der Waals surface area (Å²) in [6.07, 6.45) is -0.00421. The third kappa shape index (κ3) is 5.81. The van der Waals surface area contributed by atoms with Gasteiger partial charge in [-0.2, -0.15) is 0 Å². The smallest absolute Gasteiger partial charge is 0.326 e. The average Bonchev–Trinajstić information content (AvgIpc) is 2.76. The predicted molar refractivity (Wildman–Crippen MR) is 132 cm³/mol. The normalized spacial score (nSPS) is 16.3. The summed E-state index contributed by atoms with van der Waals surface area (Å²) in [6, 6.07) is 8.76. The second-order valence-electron chi connectivity index (χ2n) is 8.09. The number of carboxylic acid groups (broad SMARTS) is 1. The van der Waals surface area contributed by atoms with E-state index in [-0.39, 0.29) is 35.4 Å². The van der Waals surface area contributed by atoms with E-state index in [0.29, 0.717) is 39.7 Å². The zero-order valence-corrected chi connectivity index (χ0v) is 20.2. The molecule has 5 N–H and O–H groups in total. The Morgan fingerprint density at radius 2 is 1.88 bits per heavy atom. The van der Waals surface area contributed by atoms with Crippen LogP contribution in [0, 0.1) is 5.92 Å². The zero-order chi connectivity index (χ0) is 25.0. The largest absolute Gasteiger partial charge is 0.492 e. The molecule has 1 unspecified atom stereocenters. The first-order chi connectivity index (χ1) is 16.1. The van der Waals surface area contributed by atoms with Crippen molar-refractivity contribution in [3.05, 3.63) is 57.6 Å². The van der Waals surface area contributed by atoms with Crippen LogP contribution in [-0.2, 0) is 14.4 Å². The van der Waals surface area contributed by atoms with Gasteiger partial charge in [-0.3, -0.25) is 9.59 Å². The van der Waals surface area contributed by atoms with Gasteiger partial charge in [-0.15, -0.1) is 0 Å². The number of anilines is 1. The monoisotopic (exact) mass is 505 g/mol. The Morgan fingerprint density at radius 1 is 1.21 bits per heavy atom. The number of halogens is 2. The van der Waals surface area contributed by atoms with Crippen molar-refractivity contribution in [1.82, 2.24) is 5.32 Å². The number of amides is 2. The molecule has 3 rings (SSSR count). The number of nitrogens with one attached hydrogen (secondary N) is 2. The van der Waals surface area contributed by atoms with Gasteiger partial charge in [-0.05, 0) is 35.4 Å². The highest BCUT2D eigenvalue weighted by Crippen LogP contribution is 2.44. The Bertz CT molecular complexity index is 1150. The minimum absolute atomic E-state index is 0.00421. The highest BCUT2D eigenvalue weighted by Gasteiger charge is 2.32. The molecule has 0 aliphatic carbocycles. The molecule has 0 fully saturated rings. The minimum atomic E-state index is -1.09. The summed E-state index contributed by atoms with van der Waals surface area (Å²) in [5.41, 5.74) is 7.71. The van der Waals surface area contributed by atoms with Crippen molar-refractivity contribution in [3.63, 3.8) is 0 Å². The Kier molecular flexibility index (Phi) is 8.06. The summed E-state index contributed by atoms with van der Waals surface area (Å²) in [5, 5.41) is 15.9. The number of hydrogen-bond acceptors (Lipinski definition) is 5. The lowest BCUT2D eigenvalue weighted by Crippen LogP contribution is -2.33. The van der Waals surface area contributed by atoms with Crippen LogP contribution in [0.15, 0.2) is 36.4 Å². The summed E-state index contributed by atoms with van der Waals surface area (Å²) < 4.78 is 5.64. The van der Waals surface area contributed by atoms with Crippen LogP contribution in [0.3, 0.4) is 0 Å². The van der Waals surface area contributed by atoms with Crippen LogP contribution in [-0.4, -0.2) is 42.1 Å². The first-order valence-corrected chi connectivity index (χ1v) is 11.4. The maximum atomic E-state index is 12.5. The van der Waals surface area contributed by atoms with Crippen LogP contribution in [0.5, 0.6) is 5.75 Å². The van der Waals surface area contributed by atoms with Crippen molar-refractivity contribution in [2.24, 2.45) is 11.7 Å². The van der Waals surface area contributed by atoms with E-state index in [1.807, 2.05) is 0 Å². The summed E-state index contributed by atoms with van der Waals surface area (Å²) >= 11 is 12.5. The van der Waals surface area contributed by atoms with Gasteiger partial charge in [0.05, 0.1) is 17.1 Å². The van der Waals surface area contributed by atoms with Crippen molar-refractivity contribution in [3.8, 4) is 5.75 Å². The quantitative estimate of drug-likeness (QED) is 0.318. The van der Waals surface area contributed by atoms with Crippen molar-refractivity contribution in [1.29, 1.82) is 0 Å². The number of primary amides is 1. The zero-order valence-electron chi connectivity index (χ0n) is 18.7. The molecule has 2 amide bonds. The molecule has 0 saturated heterocycles. The molecule has 0 bridgehead atoms. The first kappa shape index (κ1) is 25.4. The molecule has 2 aromatic carbocycles. The number of hydrogen-bond donors (Lipinski definition) is 4. The highest BCUT2D eigenvalue weighted by molar-refractivity contribution is 6.38.